The molecule has 0 amide bonds. The third-order valence-electron chi connectivity index (χ3n) is 5.16. The molecular weight excluding hydrogens is 513 g/mol. The Balaban J connectivity index is 0.00000320. The van der Waals surface area contributed by atoms with E-state index in [2.05, 4.69) is 20.7 Å². The molecule has 1 aliphatic rings. The first-order valence-electron chi connectivity index (χ1n) is 9.69. The molecule has 1 aliphatic carbocycles. The van der Waals surface area contributed by atoms with Crippen molar-refractivity contribution in [2.45, 2.75) is 44.3 Å². The summed E-state index contributed by atoms with van der Waals surface area (Å²) in [5.41, 5.74) is 1.64. The highest BCUT2D eigenvalue weighted by Crippen LogP contribution is 2.37. The molecule has 0 saturated heterocycles. The number of hydrogen-bond donors (Lipinski definition) is 2. The van der Waals surface area contributed by atoms with Crippen molar-refractivity contribution in [3.63, 3.8) is 0 Å². The van der Waals surface area contributed by atoms with Crippen LogP contribution in [0.4, 0.5) is 17.6 Å². The summed E-state index contributed by atoms with van der Waals surface area (Å²) in [7, 11) is 1.64. The number of nitrogens with zero attached hydrogens (tertiary/aromatic N) is 3. The molecule has 0 spiro atoms. The highest BCUT2D eigenvalue weighted by Gasteiger charge is 2.41. The number of guanidine groups is 1. The van der Waals surface area contributed by atoms with Crippen molar-refractivity contribution in [2.24, 2.45) is 10.9 Å². The minimum Gasteiger partial charge on any atom is -0.356 e. The van der Waals surface area contributed by atoms with Crippen LogP contribution in [0.15, 0.2) is 41.5 Å². The Labute approximate surface area is 190 Å². The van der Waals surface area contributed by atoms with Gasteiger partial charge in [-0.25, -0.2) is 9.07 Å². The molecule has 1 aromatic heterocycles. The van der Waals surface area contributed by atoms with Gasteiger partial charge in [-0.15, -0.1) is 24.0 Å². The van der Waals surface area contributed by atoms with Crippen molar-refractivity contribution in [2.75, 3.05) is 13.6 Å². The number of rotatable bonds is 5. The molecule has 5 nitrogen and oxygen atoms in total. The zero-order chi connectivity index (χ0) is 20.9. The van der Waals surface area contributed by atoms with Gasteiger partial charge in [-0.3, -0.25) is 4.99 Å². The second-order valence-corrected chi connectivity index (χ2v) is 7.21. The highest BCUT2D eigenvalue weighted by atomic mass is 127. The number of benzene rings is 1. The van der Waals surface area contributed by atoms with Crippen LogP contribution in [0.1, 0.15) is 31.4 Å². The van der Waals surface area contributed by atoms with Gasteiger partial charge in [0.15, 0.2) is 5.96 Å². The van der Waals surface area contributed by atoms with Crippen molar-refractivity contribution < 1.29 is 17.6 Å². The molecule has 0 radical (unpaired) electrons. The van der Waals surface area contributed by atoms with Crippen LogP contribution in [-0.4, -0.2) is 41.6 Å². The molecule has 0 unspecified atom stereocenters. The van der Waals surface area contributed by atoms with Crippen LogP contribution in [0.5, 0.6) is 0 Å². The summed E-state index contributed by atoms with van der Waals surface area (Å²) in [6.45, 7) is 0.581. The molecule has 1 heterocycles. The Morgan fingerprint density at radius 2 is 1.80 bits per heavy atom. The van der Waals surface area contributed by atoms with Crippen LogP contribution in [-0.2, 0) is 6.42 Å². The number of aliphatic imine (C=N–C) groups is 1. The Hall–Kier alpha value is -1.85. The zero-order valence-electron chi connectivity index (χ0n) is 16.6. The van der Waals surface area contributed by atoms with Crippen LogP contribution >= 0.6 is 24.0 Å². The average Bonchev–Trinajstić information content (AvgIpc) is 3.16. The first-order chi connectivity index (χ1) is 13.8. The summed E-state index contributed by atoms with van der Waals surface area (Å²) in [5, 5.41) is 10.9. The van der Waals surface area contributed by atoms with Crippen molar-refractivity contribution in [1.82, 2.24) is 20.4 Å². The lowest BCUT2D eigenvalue weighted by Crippen LogP contribution is -2.46. The van der Waals surface area contributed by atoms with Gasteiger partial charge < -0.3 is 10.6 Å². The van der Waals surface area contributed by atoms with Gasteiger partial charge >= 0.3 is 6.18 Å². The van der Waals surface area contributed by atoms with Gasteiger partial charge in [0.2, 0.25) is 0 Å². The number of hydrogen-bond acceptors (Lipinski definition) is 2. The van der Waals surface area contributed by atoms with Crippen LogP contribution in [0.2, 0.25) is 0 Å². The fourth-order valence-corrected chi connectivity index (χ4v) is 3.49. The molecule has 1 fully saturated rings. The standard InChI is InChI=1S/C20H25F4N5.HI/c1-25-19(27-16-6-2-14(3-7-16)20(22,23)24)26-12-10-17-11-13-29(28-17)18-8-4-15(21)5-9-18;/h4-5,8-9,11,13-14,16H,2-3,6-7,10,12H2,1H3,(H2,25,26,27);1H. The first-order valence-corrected chi connectivity index (χ1v) is 9.69. The molecule has 0 aliphatic heterocycles. The van der Waals surface area contributed by atoms with Crippen molar-refractivity contribution in [3.8, 4) is 5.69 Å². The van der Waals surface area contributed by atoms with E-state index in [1.54, 1.807) is 23.9 Å². The van der Waals surface area contributed by atoms with Gasteiger partial charge in [0.25, 0.3) is 0 Å². The van der Waals surface area contributed by atoms with E-state index in [1.165, 1.54) is 12.1 Å². The second kappa shape index (κ2) is 11.0. The van der Waals surface area contributed by atoms with E-state index in [0.717, 1.165) is 11.4 Å². The minimum atomic E-state index is -4.10. The van der Waals surface area contributed by atoms with Gasteiger partial charge in [0, 0.05) is 32.3 Å². The quantitative estimate of drug-likeness (QED) is 0.256. The second-order valence-electron chi connectivity index (χ2n) is 7.21. The van der Waals surface area contributed by atoms with Gasteiger partial charge in [-0.2, -0.15) is 18.3 Å². The zero-order valence-corrected chi connectivity index (χ0v) is 19.0. The summed E-state index contributed by atoms with van der Waals surface area (Å²) in [6, 6.07) is 7.97. The molecule has 166 valence electrons. The molecule has 30 heavy (non-hydrogen) atoms. The van der Waals surface area contributed by atoms with E-state index >= 15 is 0 Å². The number of nitrogens with one attached hydrogen (secondary N) is 2. The van der Waals surface area contributed by atoms with Crippen LogP contribution < -0.4 is 10.6 Å². The van der Waals surface area contributed by atoms with Crippen molar-refractivity contribution >= 4 is 29.9 Å². The lowest BCUT2D eigenvalue weighted by molar-refractivity contribution is -0.182. The lowest BCUT2D eigenvalue weighted by atomic mass is 9.85. The monoisotopic (exact) mass is 539 g/mol. The summed E-state index contributed by atoms with van der Waals surface area (Å²) in [5.74, 6) is -0.902. The molecular formula is C20H26F4IN5. The maximum absolute atomic E-state index is 13.0. The maximum atomic E-state index is 13.0. The van der Waals surface area contributed by atoms with Crippen LogP contribution in [0.25, 0.3) is 5.69 Å². The predicted molar refractivity (Wildman–Crippen MR) is 119 cm³/mol. The average molecular weight is 539 g/mol. The molecule has 2 N–H and O–H groups in total. The third kappa shape index (κ3) is 6.85. The van der Waals surface area contributed by atoms with E-state index in [9.17, 15) is 17.6 Å². The van der Waals surface area contributed by atoms with Gasteiger partial charge in [-0.1, -0.05) is 0 Å². The van der Waals surface area contributed by atoms with E-state index in [4.69, 9.17) is 0 Å². The van der Waals surface area contributed by atoms with E-state index in [-0.39, 0.29) is 48.7 Å². The summed E-state index contributed by atoms with van der Waals surface area (Å²) >= 11 is 0. The smallest absolute Gasteiger partial charge is 0.356 e. The Kier molecular flexibility index (Phi) is 8.92. The van der Waals surface area contributed by atoms with Crippen LogP contribution in [0.3, 0.4) is 0 Å². The molecule has 0 atom stereocenters. The molecule has 1 saturated carbocycles. The highest BCUT2D eigenvalue weighted by molar-refractivity contribution is 14.0. The Morgan fingerprint density at radius 1 is 1.13 bits per heavy atom. The molecule has 3 rings (SSSR count). The largest absolute Gasteiger partial charge is 0.391 e. The molecule has 2 aromatic rings. The van der Waals surface area contributed by atoms with E-state index in [1.807, 2.05) is 12.3 Å². The van der Waals surface area contributed by atoms with E-state index < -0.39 is 12.1 Å². The van der Waals surface area contributed by atoms with Crippen LogP contribution in [0, 0.1) is 11.7 Å². The fraction of sp³-hybridized carbons (Fsp3) is 0.500. The Bertz CT molecular complexity index is 811. The molecule has 0 bridgehead atoms. The summed E-state index contributed by atoms with van der Waals surface area (Å²) in [6.07, 6.45) is -0.371. The SMILES string of the molecule is CN=C(NCCc1ccn(-c2ccc(F)cc2)n1)NC1CCC(C(F)(F)F)CC1.I. The van der Waals surface area contributed by atoms with Gasteiger partial charge in [0.1, 0.15) is 5.82 Å². The summed E-state index contributed by atoms with van der Waals surface area (Å²) in [4.78, 5) is 4.15. The maximum Gasteiger partial charge on any atom is 0.391 e. The van der Waals surface area contributed by atoms with Gasteiger partial charge in [-0.05, 0) is 56.0 Å². The lowest BCUT2D eigenvalue weighted by Gasteiger charge is -2.31. The Morgan fingerprint density at radius 3 is 2.40 bits per heavy atom. The number of alkyl halides is 3. The number of aromatic nitrogens is 2. The van der Waals surface area contributed by atoms with Crippen molar-refractivity contribution in [1.29, 1.82) is 0 Å². The molecule has 10 heteroatoms. The normalized spacial score (nSPS) is 19.8. The minimum absolute atomic E-state index is 0. The third-order valence-corrected chi connectivity index (χ3v) is 5.16. The first kappa shape index (κ1) is 24.4. The topological polar surface area (TPSA) is 54.2 Å². The van der Waals surface area contributed by atoms with E-state index in [0.29, 0.717) is 31.8 Å². The van der Waals surface area contributed by atoms with Crippen molar-refractivity contribution in [3.05, 3.63) is 48.0 Å². The van der Waals surface area contributed by atoms with Gasteiger partial charge in [0.05, 0.1) is 17.3 Å². The fourth-order valence-electron chi connectivity index (χ4n) is 3.49. The number of halogens is 5. The summed E-state index contributed by atoms with van der Waals surface area (Å²) < 4.78 is 53.0. The predicted octanol–water partition coefficient (Wildman–Crippen LogP) is 4.46. The molecule has 1 aromatic carbocycles.